The van der Waals surface area contributed by atoms with Gasteiger partial charge in [-0.2, -0.15) is 0 Å². The zero-order valence-corrected chi connectivity index (χ0v) is 10.8. The molecule has 1 aliphatic heterocycles. The Balaban J connectivity index is 2.05. The van der Waals surface area contributed by atoms with E-state index in [2.05, 4.69) is 11.1 Å². The van der Waals surface area contributed by atoms with Gasteiger partial charge in [-0.15, -0.1) is 0 Å². The molecule has 4 nitrogen and oxygen atoms in total. The fourth-order valence-electron chi connectivity index (χ4n) is 2.35. The fraction of sp³-hybridized carbons (Fsp3) is 0.267. The lowest BCUT2D eigenvalue weighted by atomic mass is 10.0. The van der Waals surface area contributed by atoms with Crippen LogP contribution in [0.25, 0.3) is 11.3 Å². The molecule has 0 fully saturated rings. The molecule has 0 bridgehead atoms. The molecule has 3 rings (SSSR count). The van der Waals surface area contributed by atoms with Crippen LogP contribution in [0.15, 0.2) is 36.4 Å². The van der Waals surface area contributed by atoms with Gasteiger partial charge in [0, 0.05) is 24.6 Å². The summed E-state index contributed by atoms with van der Waals surface area (Å²) >= 11 is 0. The Kier molecular flexibility index (Phi) is 3.09. The van der Waals surface area contributed by atoms with Crippen molar-refractivity contribution in [3.8, 4) is 22.9 Å². The number of methoxy groups -OCH3 is 1. The third kappa shape index (κ3) is 2.15. The van der Waals surface area contributed by atoms with E-state index >= 15 is 0 Å². The maximum absolute atomic E-state index is 5.91. The molecule has 1 atom stereocenters. The molecular formula is C15H16N2O2. The summed E-state index contributed by atoms with van der Waals surface area (Å²) in [6.07, 6.45) is 0.936. The van der Waals surface area contributed by atoms with E-state index in [-0.39, 0.29) is 6.10 Å². The number of benzene rings is 1. The van der Waals surface area contributed by atoms with Gasteiger partial charge in [0.15, 0.2) is 0 Å². The first-order valence-corrected chi connectivity index (χ1v) is 6.32. The van der Waals surface area contributed by atoms with Crippen molar-refractivity contribution in [2.24, 2.45) is 5.73 Å². The van der Waals surface area contributed by atoms with Crippen molar-refractivity contribution in [3.05, 3.63) is 42.0 Å². The summed E-state index contributed by atoms with van der Waals surface area (Å²) in [6, 6.07) is 11.8. The topological polar surface area (TPSA) is 57.4 Å². The molecule has 0 unspecified atom stereocenters. The van der Waals surface area contributed by atoms with Crippen LogP contribution in [0.3, 0.4) is 0 Å². The molecule has 2 N–H and O–H groups in total. The quantitative estimate of drug-likeness (QED) is 0.912. The van der Waals surface area contributed by atoms with Crippen molar-refractivity contribution in [3.63, 3.8) is 0 Å². The molecule has 0 saturated carbocycles. The minimum Gasteiger partial charge on any atom is -0.488 e. The highest BCUT2D eigenvalue weighted by Gasteiger charge is 2.24. The number of hydrogen-bond acceptors (Lipinski definition) is 4. The molecule has 2 heterocycles. The molecule has 0 spiro atoms. The lowest BCUT2D eigenvalue weighted by Crippen LogP contribution is -2.24. The van der Waals surface area contributed by atoms with Crippen LogP contribution in [-0.4, -0.2) is 24.7 Å². The number of nitrogens with zero attached hydrogens (tertiary/aromatic N) is 1. The highest BCUT2D eigenvalue weighted by atomic mass is 16.5. The fourth-order valence-corrected chi connectivity index (χ4v) is 2.35. The van der Waals surface area contributed by atoms with E-state index in [9.17, 15) is 0 Å². The van der Waals surface area contributed by atoms with Crippen molar-refractivity contribution >= 4 is 0 Å². The molecule has 98 valence electrons. The molecule has 0 amide bonds. The van der Waals surface area contributed by atoms with Gasteiger partial charge in [0.1, 0.15) is 11.9 Å². The second kappa shape index (κ2) is 4.90. The summed E-state index contributed by atoms with van der Waals surface area (Å²) < 4.78 is 11.1. The number of hydrogen-bond donors (Lipinski definition) is 1. The molecule has 1 aliphatic rings. The average molecular weight is 256 g/mol. The van der Waals surface area contributed by atoms with Gasteiger partial charge in [-0.3, -0.25) is 0 Å². The van der Waals surface area contributed by atoms with Crippen LogP contribution in [0, 0.1) is 0 Å². The number of aromatic nitrogens is 1. The third-order valence-electron chi connectivity index (χ3n) is 3.30. The van der Waals surface area contributed by atoms with Crippen LogP contribution in [0.5, 0.6) is 11.6 Å². The Morgan fingerprint density at radius 1 is 1.32 bits per heavy atom. The van der Waals surface area contributed by atoms with Gasteiger partial charge in [-0.1, -0.05) is 18.2 Å². The zero-order valence-electron chi connectivity index (χ0n) is 10.8. The number of ether oxygens (including phenoxy) is 2. The summed E-state index contributed by atoms with van der Waals surface area (Å²) in [4.78, 5) is 4.46. The first-order valence-electron chi connectivity index (χ1n) is 6.32. The molecule has 19 heavy (non-hydrogen) atoms. The zero-order chi connectivity index (χ0) is 13.2. The second-order valence-corrected chi connectivity index (χ2v) is 4.54. The molecule has 1 aromatic carbocycles. The first kappa shape index (κ1) is 12.0. The van der Waals surface area contributed by atoms with Gasteiger partial charge in [-0.25, -0.2) is 4.98 Å². The number of rotatable bonds is 3. The van der Waals surface area contributed by atoms with Gasteiger partial charge < -0.3 is 15.2 Å². The van der Waals surface area contributed by atoms with E-state index in [4.69, 9.17) is 15.2 Å². The predicted molar refractivity (Wildman–Crippen MR) is 73.4 cm³/mol. The Labute approximate surface area is 112 Å². The Bertz CT molecular complexity index is 598. The van der Waals surface area contributed by atoms with Crippen molar-refractivity contribution in [2.45, 2.75) is 12.5 Å². The summed E-state index contributed by atoms with van der Waals surface area (Å²) in [5, 5.41) is 0. The molecule has 0 saturated heterocycles. The molecule has 1 aromatic heterocycles. The maximum Gasteiger partial charge on any atom is 0.213 e. The van der Waals surface area contributed by atoms with Gasteiger partial charge in [0.25, 0.3) is 0 Å². The molecular weight excluding hydrogens is 240 g/mol. The summed E-state index contributed by atoms with van der Waals surface area (Å²) in [5.41, 5.74) is 8.73. The smallest absolute Gasteiger partial charge is 0.213 e. The Morgan fingerprint density at radius 2 is 2.16 bits per heavy atom. The molecule has 2 aromatic rings. The SMILES string of the molecule is COc1cccc(-c2cccc3c2O[C@H](CN)C3)n1. The van der Waals surface area contributed by atoms with Crippen LogP contribution in [-0.2, 0) is 6.42 Å². The molecule has 0 aliphatic carbocycles. The number of fused-ring (bicyclic) bond motifs is 1. The van der Waals surface area contributed by atoms with Crippen molar-refractivity contribution in [1.82, 2.24) is 4.98 Å². The third-order valence-corrected chi connectivity index (χ3v) is 3.30. The van der Waals surface area contributed by atoms with E-state index in [1.165, 1.54) is 5.56 Å². The maximum atomic E-state index is 5.91. The largest absolute Gasteiger partial charge is 0.488 e. The first-order chi connectivity index (χ1) is 9.31. The van der Waals surface area contributed by atoms with Crippen molar-refractivity contribution in [2.75, 3.05) is 13.7 Å². The molecule has 4 heteroatoms. The van der Waals surface area contributed by atoms with E-state index in [1.54, 1.807) is 7.11 Å². The minimum atomic E-state index is 0.0711. The van der Waals surface area contributed by atoms with Gasteiger partial charge in [0.2, 0.25) is 5.88 Å². The number of para-hydroxylation sites is 1. The second-order valence-electron chi connectivity index (χ2n) is 4.54. The summed E-state index contributed by atoms with van der Waals surface area (Å²) in [5.74, 6) is 1.50. The highest BCUT2D eigenvalue weighted by molar-refractivity contribution is 5.70. The predicted octanol–water partition coefficient (Wildman–Crippen LogP) is 2.02. The average Bonchev–Trinajstić information content (AvgIpc) is 2.90. The van der Waals surface area contributed by atoms with Crippen molar-refractivity contribution < 1.29 is 9.47 Å². The normalized spacial score (nSPS) is 16.8. The van der Waals surface area contributed by atoms with E-state index in [1.807, 2.05) is 30.3 Å². The minimum absolute atomic E-state index is 0.0711. The number of pyridine rings is 1. The van der Waals surface area contributed by atoms with Gasteiger partial charge in [0.05, 0.1) is 12.8 Å². The summed E-state index contributed by atoms with van der Waals surface area (Å²) in [6.45, 7) is 0.527. The van der Waals surface area contributed by atoms with Crippen LogP contribution >= 0.6 is 0 Å². The van der Waals surface area contributed by atoms with Crippen LogP contribution < -0.4 is 15.2 Å². The number of nitrogens with two attached hydrogens (primary N) is 1. The van der Waals surface area contributed by atoms with Crippen LogP contribution in [0.2, 0.25) is 0 Å². The van der Waals surface area contributed by atoms with Crippen molar-refractivity contribution in [1.29, 1.82) is 0 Å². The summed E-state index contributed by atoms with van der Waals surface area (Å²) in [7, 11) is 1.61. The molecule has 0 radical (unpaired) electrons. The van der Waals surface area contributed by atoms with E-state index in [0.29, 0.717) is 12.4 Å². The Morgan fingerprint density at radius 3 is 2.95 bits per heavy atom. The standard InChI is InChI=1S/C15H16N2O2/c1-18-14-7-3-6-13(17-14)12-5-2-4-10-8-11(9-16)19-15(10)12/h2-7,11H,8-9,16H2,1H3/t11-/m0/s1. The Hall–Kier alpha value is -2.07. The van der Waals surface area contributed by atoms with Gasteiger partial charge in [-0.05, 0) is 17.7 Å². The van der Waals surface area contributed by atoms with E-state index < -0.39 is 0 Å². The highest BCUT2D eigenvalue weighted by Crippen LogP contribution is 2.38. The van der Waals surface area contributed by atoms with Crippen LogP contribution in [0.4, 0.5) is 0 Å². The lowest BCUT2D eigenvalue weighted by molar-refractivity contribution is 0.242. The lowest BCUT2D eigenvalue weighted by Gasteiger charge is -2.10. The van der Waals surface area contributed by atoms with Crippen LogP contribution in [0.1, 0.15) is 5.56 Å². The monoisotopic (exact) mass is 256 g/mol. The van der Waals surface area contributed by atoms with Gasteiger partial charge >= 0.3 is 0 Å². The van der Waals surface area contributed by atoms with E-state index in [0.717, 1.165) is 23.4 Å².